The summed E-state index contributed by atoms with van der Waals surface area (Å²) in [6, 6.07) is 0. The van der Waals surface area contributed by atoms with E-state index in [1.54, 1.807) is 6.92 Å². The number of carbonyl (C=O) groups is 1. The molecule has 0 atom stereocenters. The van der Waals surface area contributed by atoms with E-state index in [1.807, 2.05) is 22.9 Å². The monoisotopic (exact) mass is 180 g/mol. The van der Waals surface area contributed by atoms with Gasteiger partial charge in [-0.3, -0.25) is 9.20 Å². The summed E-state index contributed by atoms with van der Waals surface area (Å²) in [5.41, 5.74) is 1.51. The lowest BCUT2D eigenvalue weighted by molar-refractivity contribution is 0.101. The number of Topliss-reactive ketones (excluding diaryl/α,β-unsaturated/α-hetero) is 1. The molecule has 0 aromatic carbocycles. The van der Waals surface area contributed by atoms with Gasteiger partial charge in [0.25, 0.3) is 0 Å². The highest BCUT2D eigenvalue weighted by molar-refractivity contribution is 7.15. The Labute approximate surface area is 73.7 Å². The van der Waals surface area contributed by atoms with Crippen molar-refractivity contribution >= 4 is 22.1 Å². The third-order valence-corrected chi connectivity index (χ3v) is 2.53. The van der Waals surface area contributed by atoms with E-state index in [2.05, 4.69) is 4.98 Å². The minimum atomic E-state index is 0.0680. The zero-order chi connectivity index (χ0) is 8.72. The van der Waals surface area contributed by atoms with Gasteiger partial charge in [0, 0.05) is 18.5 Å². The summed E-state index contributed by atoms with van der Waals surface area (Å²) in [5.74, 6) is 0.0680. The molecule has 0 saturated heterocycles. The maximum atomic E-state index is 11.2. The Morgan fingerprint density at radius 3 is 3.08 bits per heavy atom. The average molecular weight is 180 g/mol. The van der Waals surface area contributed by atoms with E-state index in [-0.39, 0.29) is 5.78 Å². The first kappa shape index (κ1) is 7.49. The number of aromatic nitrogens is 2. The van der Waals surface area contributed by atoms with Crippen LogP contribution >= 0.6 is 11.3 Å². The molecule has 2 aromatic heterocycles. The molecule has 0 amide bonds. The zero-order valence-electron chi connectivity index (χ0n) is 6.87. The summed E-state index contributed by atoms with van der Waals surface area (Å²) in [4.78, 5) is 16.3. The lowest BCUT2D eigenvalue weighted by atomic mass is 10.2. The molecule has 0 spiro atoms. The van der Waals surface area contributed by atoms with Gasteiger partial charge in [0.1, 0.15) is 5.69 Å². The van der Waals surface area contributed by atoms with Crippen LogP contribution in [0.4, 0.5) is 0 Å². The number of hydrogen-bond donors (Lipinski definition) is 0. The van der Waals surface area contributed by atoms with Crippen LogP contribution in [0.1, 0.15) is 23.1 Å². The zero-order valence-corrected chi connectivity index (χ0v) is 7.68. The number of nitrogens with zero attached hydrogens (tertiary/aromatic N) is 2. The lowest BCUT2D eigenvalue weighted by Crippen LogP contribution is -1.98. The van der Waals surface area contributed by atoms with Crippen LogP contribution in [0.15, 0.2) is 11.6 Å². The fraction of sp³-hybridized carbons (Fsp3) is 0.250. The van der Waals surface area contributed by atoms with Crippen molar-refractivity contribution in [3.8, 4) is 0 Å². The largest absolute Gasteiger partial charge is 0.293 e. The van der Waals surface area contributed by atoms with E-state index >= 15 is 0 Å². The molecule has 0 N–H and O–H groups in total. The van der Waals surface area contributed by atoms with E-state index in [0.29, 0.717) is 5.69 Å². The summed E-state index contributed by atoms with van der Waals surface area (Å²) in [7, 11) is 0. The fourth-order valence-corrected chi connectivity index (χ4v) is 2.08. The number of imidazole rings is 1. The van der Waals surface area contributed by atoms with Gasteiger partial charge in [-0.1, -0.05) is 0 Å². The maximum Gasteiger partial charge on any atom is 0.194 e. The lowest BCUT2D eigenvalue weighted by Gasteiger charge is -1.92. The fourth-order valence-electron chi connectivity index (χ4n) is 1.32. The number of rotatable bonds is 1. The second kappa shape index (κ2) is 2.42. The molecule has 3 nitrogen and oxygen atoms in total. The van der Waals surface area contributed by atoms with Crippen LogP contribution < -0.4 is 0 Å². The standard InChI is InChI=1S/C8H8N2OS/c1-5-7(6(2)11)10-3-4-12-8(10)9-5/h3-4H,1-2H3. The summed E-state index contributed by atoms with van der Waals surface area (Å²) in [5, 5.41) is 1.92. The summed E-state index contributed by atoms with van der Waals surface area (Å²) in [6.45, 7) is 3.42. The topological polar surface area (TPSA) is 34.4 Å². The van der Waals surface area contributed by atoms with Crippen LogP contribution in [0, 0.1) is 6.92 Å². The number of fused-ring (bicyclic) bond motifs is 1. The van der Waals surface area contributed by atoms with Crippen LogP contribution in [-0.2, 0) is 0 Å². The van der Waals surface area contributed by atoms with Gasteiger partial charge < -0.3 is 0 Å². The van der Waals surface area contributed by atoms with Gasteiger partial charge in [-0.05, 0) is 6.92 Å². The smallest absolute Gasteiger partial charge is 0.194 e. The molecule has 12 heavy (non-hydrogen) atoms. The molecule has 0 saturated carbocycles. The number of carbonyl (C=O) groups excluding carboxylic acids is 1. The second-order valence-corrected chi connectivity index (χ2v) is 3.53. The molecule has 4 heteroatoms. The van der Waals surface area contributed by atoms with Crippen molar-refractivity contribution in [2.75, 3.05) is 0 Å². The molecule has 2 aromatic rings. The third kappa shape index (κ3) is 0.881. The Bertz CT molecular complexity index is 441. The van der Waals surface area contributed by atoms with Crippen molar-refractivity contribution in [1.82, 2.24) is 9.38 Å². The van der Waals surface area contributed by atoms with Gasteiger partial charge in [0.15, 0.2) is 10.7 Å². The quantitative estimate of drug-likeness (QED) is 0.628. The van der Waals surface area contributed by atoms with Gasteiger partial charge >= 0.3 is 0 Å². The Morgan fingerprint density at radius 2 is 2.42 bits per heavy atom. The van der Waals surface area contributed by atoms with Crippen molar-refractivity contribution < 1.29 is 4.79 Å². The van der Waals surface area contributed by atoms with E-state index < -0.39 is 0 Å². The average Bonchev–Trinajstić information content (AvgIpc) is 2.44. The first-order valence-corrected chi connectivity index (χ1v) is 4.51. The van der Waals surface area contributed by atoms with Gasteiger partial charge in [-0.25, -0.2) is 4.98 Å². The molecular weight excluding hydrogens is 172 g/mol. The molecular formula is C8H8N2OS. The molecule has 0 aliphatic heterocycles. The Hall–Kier alpha value is -1.16. The highest BCUT2D eigenvalue weighted by atomic mass is 32.1. The van der Waals surface area contributed by atoms with Gasteiger partial charge in [0.05, 0.1) is 5.69 Å². The van der Waals surface area contributed by atoms with Gasteiger partial charge in [-0.15, -0.1) is 11.3 Å². The molecule has 0 aliphatic carbocycles. The summed E-state index contributed by atoms with van der Waals surface area (Å²) >= 11 is 1.54. The van der Waals surface area contributed by atoms with Gasteiger partial charge in [-0.2, -0.15) is 0 Å². The van der Waals surface area contributed by atoms with Gasteiger partial charge in [0.2, 0.25) is 0 Å². The molecule has 0 aliphatic rings. The van der Waals surface area contributed by atoms with Crippen molar-refractivity contribution in [3.05, 3.63) is 23.0 Å². The van der Waals surface area contributed by atoms with Crippen molar-refractivity contribution in [2.45, 2.75) is 13.8 Å². The van der Waals surface area contributed by atoms with Crippen molar-refractivity contribution in [2.24, 2.45) is 0 Å². The van der Waals surface area contributed by atoms with Crippen molar-refractivity contribution in [1.29, 1.82) is 0 Å². The number of ketones is 1. The molecule has 0 radical (unpaired) electrons. The predicted octanol–water partition coefficient (Wildman–Crippen LogP) is 1.91. The predicted molar refractivity (Wildman–Crippen MR) is 47.8 cm³/mol. The van der Waals surface area contributed by atoms with Crippen LogP contribution in [0.3, 0.4) is 0 Å². The Balaban J connectivity index is 2.84. The summed E-state index contributed by atoms with van der Waals surface area (Å²) < 4.78 is 1.84. The molecule has 62 valence electrons. The van der Waals surface area contributed by atoms with E-state index in [0.717, 1.165) is 10.7 Å². The van der Waals surface area contributed by atoms with Crippen molar-refractivity contribution in [3.63, 3.8) is 0 Å². The Morgan fingerprint density at radius 1 is 1.67 bits per heavy atom. The highest BCUT2D eigenvalue weighted by Gasteiger charge is 2.12. The molecule has 0 unspecified atom stereocenters. The first-order chi connectivity index (χ1) is 5.70. The van der Waals surface area contributed by atoms with Crippen LogP contribution in [0.2, 0.25) is 0 Å². The normalized spacial score (nSPS) is 10.8. The molecule has 2 heterocycles. The molecule has 0 fully saturated rings. The van der Waals surface area contributed by atoms with E-state index in [1.165, 1.54) is 11.3 Å². The number of thiazole rings is 1. The number of aryl methyl sites for hydroxylation is 1. The van der Waals surface area contributed by atoms with Crippen LogP contribution in [0.5, 0.6) is 0 Å². The van der Waals surface area contributed by atoms with Crippen LogP contribution in [0.25, 0.3) is 4.96 Å². The minimum absolute atomic E-state index is 0.0680. The highest BCUT2D eigenvalue weighted by Crippen LogP contribution is 2.16. The molecule has 0 bridgehead atoms. The number of hydrogen-bond acceptors (Lipinski definition) is 3. The maximum absolute atomic E-state index is 11.2. The second-order valence-electron chi connectivity index (χ2n) is 2.66. The third-order valence-electron chi connectivity index (χ3n) is 1.77. The summed E-state index contributed by atoms with van der Waals surface area (Å²) in [6.07, 6.45) is 1.87. The van der Waals surface area contributed by atoms with E-state index in [4.69, 9.17) is 0 Å². The SMILES string of the molecule is CC(=O)c1c(C)nc2sccn12. The minimum Gasteiger partial charge on any atom is -0.293 e. The van der Waals surface area contributed by atoms with Crippen LogP contribution in [-0.4, -0.2) is 15.2 Å². The first-order valence-electron chi connectivity index (χ1n) is 3.63. The molecule has 2 rings (SSSR count). The van der Waals surface area contributed by atoms with E-state index in [9.17, 15) is 4.79 Å². The Kier molecular flexibility index (Phi) is 1.51.